The second-order valence-corrected chi connectivity index (χ2v) is 6.48. The third kappa shape index (κ3) is 2.89. The summed E-state index contributed by atoms with van der Waals surface area (Å²) in [4.78, 5) is 11.6. The lowest BCUT2D eigenvalue weighted by Crippen LogP contribution is -2.03. The molecule has 0 fully saturated rings. The molecule has 0 aliphatic carbocycles. The lowest BCUT2D eigenvalue weighted by molar-refractivity contribution is -0.115. The van der Waals surface area contributed by atoms with E-state index in [1.54, 1.807) is 0 Å². The molecule has 4 heteroatoms. The van der Waals surface area contributed by atoms with Crippen LogP contribution in [-0.2, 0) is 11.2 Å². The number of fused-ring (bicyclic) bond motifs is 1. The lowest BCUT2D eigenvalue weighted by atomic mass is 9.97. The van der Waals surface area contributed by atoms with E-state index in [2.05, 4.69) is 41.2 Å². The monoisotopic (exact) mass is 329 g/mol. The van der Waals surface area contributed by atoms with Crippen LogP contribution in [-0.4, -0.2) is 5.91 Å². The van der Waals surface area contributed by atoms with E-state index < -0.39 is 0 Å². The average molecular weight is 331 g/mol. The van der Waals surface area contributed by atoms with Crippen LogP contribution in [0.15, 0.2) is 12.1 Å². The summed E-state index contributed by atoms with van der Waals surface area (Å²) in [6.07, 6.45) is 2.67. The fraction of sp³-hybridized carbons (Fsp3) is 0.500. The first-order chi connectivity index (χ1) is 8.51. The molecule has 2 unspecified atom stereocenters. The Bertz CT molecular complexity index is 475. The molecule has 1 aliphatic heterocycles. The molecule has 1 aliphatic rings. The van der Waals surface area contributed by atoms with Gasteiger partial charge in [-0.15, -0.1) is 0 Å². The van der Waals surface area contributed by atoms with E-state index in [4.69, 9.17) is 11.6 Å². The molecule has 1 aromatic rings. The van der Waals surface area contributed by atoms with Gasteiger partial charge < -0.3 is 5.32 Å². The summed E-state index contributed by atoms with van der Waals surface area (Å²) in [5.74, 6) is 0.699. The highest BCUT2D eigenvalue weighted by atomic mass is 79.9. The fourth-order valence-electron chi connectivity index (χ4n) is 2.15. The van der Waals surface area contributed by atoms with Crippen molar-refractivity contribution in [3.05, 3.63) is 28.3 Å². The topological polar surface area (TPSA) is 29.1 Å². The average Bonchev–Trinajstić information content (AvgIpc) is 2.66. The Morgan fingerprint density at radius 3 is 2.89 bits per heavy atom. The Morgan fingerprint density at radius 1 is 1.50 bits per heavy atom. The minimum atomic E-state index is 0.0475. The van der Waals surface area contributed by atoms with Gasteiger partial charge in [0, 0.05) is 15.5 Å². The van der Waals surface area contributed by atoms with E-state index in [1.807, 2.05) is 6.07 Å². The van der Waals surface area contributed by atoms with Crippen molar-refractivity contribution in [2.45, 2.75) is 37.9 Å². The fourth-order valence-corrected chi connectivity index (χ4v) is 3.60. The Kier molecular flexibility index (Phi) is 4.33. The predicted octanol–water partition coefficient (Wildman–Crippen LogP) is 4.71. The minimum Gasteiger partial charge on any atom is -0.325 e. The molecule has 1 N–H and O–H groups in total. The number of carbonyl (C=O) groups excluding carboxylic acids is 1. The maximum atomic E-state index is 11.4. The summed E-state index contributed by atoms with van der Waals surface area (Å²) in [6.45, 7) is 4.43. The van der Waals surface area contributed by atoms with Crippen molar-refractivity contribution in [1.82, 2.24) is 0 Å². The van der Waals surface area contributed by atoms with Crippen molar-refractivity contribution in [2.24, 2.45) is 5.92 Å². The molecule has 98 valence electrons. The first-order valence-corrected chi connectivity index (χ1v) is 7.56. The number of hydrogen-bond acceptors (Lipinski definition) is 1. The van der Waals surface area contributed by atoms with Crippen LogP contribution in [0.1, 0.15) is 42.6 Å². The molecule has 2 atom stereocenters. The van der Waals surface area contributed by atoms with Gasteiger partial charge in [0.25, 0.3) is 0 Å². The van der Waals surface area contributed by atoms with Crippen molar-refractivity contribution >= 4 is 39.1 Å². The number of halogens is 2. The summed E-state index contributed by atoms with van der Waals surface area (Å²) >= 11 is 10.0. The second-order valence-electron chi connectivity index (χ2n) is 4.97. The number of hydrogen-bond donors (Lipinski definition) is 1. The number of anilines is 1. The van der Waals surface area contributed by atoms with Crippen molar-refractivity contribution in [1.29, 1.82) is 0 Å². The van der Waals surface area contributed by atoms with E-state index in [0.717, 1.165) is 34.7 Å². The number of carbonyl (C=O) groups is 1. The highest BCUT2D eigenvalue weighted by molar-refractivity contribution is 9.09. The number of alkyl halides is 1. The van der Waals surface area contributed by atoms with Crippen molar-refractivity contribution in [3.63, 3.8) is 0 Å². The van der Waals surface area contributed by atoms with Gasteiger partial charge in [-0.25, -0.2) is 0 Å². The molecule has 0 spiro atoms. The van der Waals surface area contributed by atoms with E-state index in [1.165, 1.54) is 0 Å². The third-order valence-corrected chi connectivity index (χ3v) is 4.69. The molecule has 18 heavy (non-hydrogen) atoms. The molecule has 1 heterocycles. The van der Waals surface area contributed by atoms with Crippen molar-refractivity contribution < 1.29 is 4.79 Å². The standard InChI is InChI=1S/C14H17BrClNO/c1-3-8(2)4-11(15)10-5-9-6-14(18)17-13(9)7-12(10)16/h5,7-8,11H,3-4,6H2,1-2H3,(H,17,18). The van der Waals surface area contributed by atoms with E-state index >= 15 is 0 Å². The van der Waals surface area contributed by atoms with E-state index in [-0.39, 0.29) is 10.7 Å². The normalized spacial score (nSPS) is 17.2. The van der Waals surface area contributed by atoms with Gasteiger partial charge in [-0.05, 0) is 29.5 Å². The van der Waals surface area contributed by atoms with Crippen molar-refractivity contribution in [3.8, 4) is 0 Å². The third-order valence-electron chi connectivity index (χ3n) is 3.49. The molecule has 0 radical (unpaired) electrons. The zero-order chi connectivity index (χ0) is 13.3. The largest absolute Gasteiger partial charge is 0.325 e. The SMILES string of the molecule is CCC(C)CC(Br)c1cc2c(cc1Cl)NC(=O)C2. The zero-order valence-corrected chi connectivity index (χ0v) is 12.9. The van der Waals surface area contributed by atoms with Crippen LogP contribution in [0.5, 0.6) is 0 Å². The maximum Gasteiger partial charge on any atom is 0.228 e. The summed E-state index contributed by atoms with van der Waals surface area (Å²) in [5.41, 5.74) is 3.00. The van der Waals surface area contributed by atoms with Crippen LogP contribution in [0.4, 0.5) is 5.69 Å². The van der Waals surface area contributed by atoms with Gasteiger partial charge in [-0.2, -0.15) is 0 Å². The Morgan fingerprint density at radius 2 is 2.22 bits per heavy atom. The second kappa shape index (κ2) is 5.62. The Labute approximate surface area is 121 Å². The Balaban J connectivity index is 2.24. The van der Waals surface area contributed by atoms with E-state index in [9.17, 15) is 4.79 Å². The van der Waals surface area contributed by atoms with E-state index in [0.29, 0.717) is 12.3 Å². The first-order valence-electron chi connectivity index (χ1n) is 6.27. The molecule has 0 saturated heterocycles. The van der Waals surface area contributed by atoms with Crippen LogP contribution in [0, 0.1) is 5.92 Å². The predicted molar refractivity (Wildman–Crippen MR) is 79.5 cm³/mol. The lowest BCUT2D eigenvalue weighted by Gasteiger charge is -2.17. The molecule has 0 aromatic heterocycles. The van der Waals surface area contributed by atoms with Gasteiger partial charge in [-0.3, -0.25) is 4.79 Å². The Hall–Kier alpha value is -0.540. The molecule has 2 nitrogen and oxygen atoms in total. The maximum absolute atomic E-state index is 11.4. The molecular formula is C14H17BrClNO. The highest BCUT2D eigenvalue weighted by Gasteiger charge is 2.22. The number of benzene rings is 1. The molecule has 1 amide bonds. The van der Waals surface area contributed by atoms with Gasteiger partial charge in [-0.1, -0.05) is 53.9 Å². The van der Waals surface area contributed by atoms with Gasteiger partial charge in [0.15, 0.2) is 0 Å². The van der Waals surface area contributed by atoms with Crippen LogP contribution in [0.2, 0.25) is 5.02 Å². The van der Waals surface area contributed by atoms with Crippen molar-refractivity contribution in [2.75, 3.05) is 5.32 Å². The number of nitrogens with one attached hydrogen (secondary N) is 1. The van der Waals surface area contributed by atoms with Gasteiger partial charge in [0.1, 0.15) is 0 Å². The van der Waals surface area contributed by atoms with Crippen LogP contribution in [0.3, 0.4) is 0 Å². The summed E-state index contributed by atoms with van der Waals surface area (Å²) < 4.78 is 0. The van der Waals surface area contributed by atoms with Crippen LogP contribution < -0.4 is 5.32 Å². The molecule has 1 aromatic carbocycles. The van der Waals surface area contributed by atoms with Gasteiger partial charge >= 0.3 is 0 Å². The zero-order valence-electron chi connectivity index (χ0n) is 10.6. The minimum absolute atomic E-state index is 0.0475. The van der Waals surface area contributed by atoms with Crippen LogP contribution in [0.25, 0.3) is 0 Å². The van der Waals surface area contributed by atoms with Gasteiger partial charge in [0.2, 0.25) is 5.91 Å². The quantitative estimate of drug-likeness (QED) is 0.796. The number of amides is 1. The molecule has 0 bridgehead atoms. The summed E-state index contributed by atoms with van der Waals surface area (Å²) in [5, 5.41) is 3.54. The molecular weight excluding hydrogens is 314 g/mol. The van der Waals surface area contributed by atoms with Crippen LogP contribution >= 0.6 is 27.5 Å². The smallest absolute Gasteiger partial charge is 0.228 e. The first kappa shape index (κ1) is 13.9. The summed E-state index contributed by atoms with van der Waals surface area (Å²) in [7, 11) is 0. The van der Waals surface area contributed by atoms with Gasteiger partial charge in [0.05, 0.1) is 6.42 Å². The number of rotatable bonds is 4. The highest BCUT2D eigenvalue weighted by Crippen LogP contribution is 2.39. The molecule has 2 rings (SSSR count). The summed E-state index contributed by atoms with van der Waals surface area (Å²) in [6, 6.07) is 3.92. The molecule has 0 saturated carbocycles.